The highest BCUT2D eigenvalue weighted by atomic mass is 35.5. The molecular formula is C17H24ClN. The average molecular weight is 278 g/mol. The first-order chi connectivity index (χ1) is 9.11. The molecule has 0 unspecified atom stereocenters. The molecule has 0 atom stereocenters. The van der Waals surface area contributed by atoms with Gasteiger partial charge in [-0.05, 0) is 51.0 Å². The highest BCUT2D eigenvalue weighted by molar-refractivity contribution is 6.31. The van der Waals surface area contributed by atoms with E-state index in [-0.39, 0.29) is 0 Å². The molecule has 0 aliphatic rings. The van der Waals surface area contributed by atoms with E-state index in [9.17, 15) is 0 Å². The van der Waals surface area contributed by atoms with Crippen molar-refractivity contribution in [3.63, 3.8) is 0 Å². The van der Waals surface area contributed by atoms with Crippen LogP contribution in [0, 0.1) is 0 Å². The maximum absolute atomic E-state index is 6.12. The molecule has 0 radical (unpaired) electrons. The first-order valence-electron chi connectivity index (χ1n) is 6.48. The van der Waals surface area contributed by atoms with Gasteiger partial charge in [0.2, 0.25) is 0 Å². The second-order valence-corrected chi connectivity index (χ2v) is 4.60. The Morgan fingerprint density at radius 2 is 1.89 bits per heavy atom. The standard InChI is InChI=1S/C17H24ClN/c1-4-5-12-17(18)14-16(15(2)3)11-9-7-6-8-10-13-19/h4-9,12,14H,2,10-11,13,19H2,1,3H3/b5-4+,8-6-,9-7-,16-14+,17-12+. The number of halogens is 1. The van der Waals surface area contributed by atoms with Crippen LogP contribution in [0.2, 0.25) is 0 Å². The SMILES string of the molecule is C=C(C)/C(=C/C(Cl)=C\C=C\C)C/C=C\C=C/CCN. The van der Waals surface area contributed by atoms with Gasteiger partial charge in [-0.1, -0.05) is 60.2 Å². The number of hydrogen-bond donors (Lipinski definition) is 1. The van der Waals surface area contributed by atoms with E-state index < -0.39 is 0 Å². The summed E-state index contributed by atoms with van der Waals surface area (Å²) in [5.41, 5.74) is 7.57. The summed E-state index contributed by atoms with van der Waals surface area (Å²) in [6.45, 7) is 8.61. The van der Waals surface area contributed by atoms with Crippen molar-refractivity contribution in [2.24, 2.45) is 5.73 Å². The minimum Gasteiger partial charge on any atom is -0.330 e. The van der Waals surface area contributed by atoms with E-state index in [1.54, 1.807) is 0 Å². The number of rotatable bonds is 8. The van der Waals surface area contributed by atoms with Gasteiger partial charge in [-0.25, -0.2) is 0 Å². The maximum Gasteiger partial charge on any atom is 0.0408 e. The Bertz CT molecular complexity index is 409. The molecular weight excluding hydrogens is 254 g/mol. The summed E-state index contributed by atoms with van der Waals surface area (Å²) >= 11 is 6.12. The van der Waals surface area contributed by atoms with Gasteiger partial charge in [0.05, 0.1) is 0 Å². The molecule has 0 amide bonds. The minimum atomic E-state index is 0.687. The molecule has 0 aliphatic carbocycles. The average Bonchev–Trinajstić information content (AvgIpc) is 2.38. The van der Waals surface area contributed by atoms with E-state index in [4.69, 9.17) is 17.3 Å². The molecule has 2 heteroatoms. The third-order valence-electron chi connectivity index (χ3n) is 2.36. The molecule has 0 aromatic rings. The molecule has 0 aromatic heterocycles. The lowest BCUT2D eigenvalue weighted by Gasteiger charge is -2.03. The number of allylic oxidation sites excluding steroid dienone is 10. The number of nitrogens with two attached hydrogens (primary N) is 1. The third-order valence-corrected chi connectivity index (χ3v) is 2.60. The Hall–Kier alpha value is -1.31. The normalized spacial score (nSPS) is 14.1. The van der Waals surface area contributed by atoms with Crippen molar-refractivity contribution in [2.75, 3.05) is 6.54 Å². The molecule has 0 spiro atoms. The first-order valence-corrected chi connectivity index (χ1v) is 6.86. The van der Waals surface area contributed by atoms with Crippen LogP contribution >= 0.6 is 11.6 Å². The summed E-state index contributed by atoms with van der Waals surface area (Å²) in [4.78, 5) is 0. The molecule has 0 rings (SSSR count). The van der Waals surface area contributed by atoms with E-state index in [1.165, 1.54) is 0 Å². The van der Waals surface area contributed by atoms with Gasteiger partial charge >= 0.3 is 0 Å². The van der Waals surface area contributed by atoms with Gasteiger partial charge < -0.3 is 5.73 Å². The van der Waals surface area contributed by atoms with E-state index in [0.29, 0.717) is 11.6 Å². The molecule has 0 aliphatic heterocycles. The zero-order chi connectivity index (χ0) is 14.5. The predicted octanol–water partition coefficient (Wildman–Crippen LogP) is 5.04. The summed E-state index contributed by atoms with van der Waals surface area (Å²) in [5.74, 6) is 0. The fourth-order valence-electron chi connectivity index (χ4n) is 1.30. The van der Waals surface area contributed by atoms with Gasteiger partial charge in [0.1, 0.15) is 0 Å². The van der Waals surface area contributed by atoms with Crippen LogP contribution in [0.4, 0.5) is 0 Å². The van der Waals surface area contributed by atoms with Gasteiger partial charge in [-0.15, -0.1) is 0 Å². The third kappa shape index (κ3) is 10.3. The summed E-state index contributed by atoms with van der Waals surface area (Å²) in [5, 5.41) is 0.711. The molecule has 0 bridgehead atoms. The lowest BCUT2D eigenvalue weighted by molar-refractivity contribution is 1.01. The fourth-order valence-corrected chi connectivity index (χ4v) is 1.51. The van der Waals surface area contributed by atoms with Gasteiger partial charge in [0.25, 0.3) is 0 Å². The summed E-state index contributed by atoms with van der Waals surface area (Å²) in [6.07, 6.45) is 17.6. The fraction of sp³-hybridized carbons (Fsp3) is 0.294. The monoisotopic (exact) mass is 277 g/mol. The van der Waals surface area contributed by atoms with E-state index in [1.807, 2.05) is 50.3 Å². The van der Waals surface area contributed by atoms with Crippen LogP contribution in [0.15, 0.2) is 71.4 Å². The molecule has 104 valence electrons. The van der Waals surface area contributed by atoms with E-state index in [2.05, 4.69) is 18.7 Å². The number of hydrogen-bond acceptors (Lipinski definition) is 1. The van der Waals surface area contributed by atoms with Crippen LogP contribution in [0.1, 0.15) is 26.7 Å². The van der Waals surface area contributed by atoms with E-state index >= 15 is 0 Å². The van der Waals surface area contributed by atoms with Crippen molar-refractivity contribution in [3.8, 4) is 0 Å². The second-order valence-electron chi connectivity index (χ2n) is 4.17. The van der Waals surface area contributed by atoms with Gasteiger partial charge in [0, 0.05) is 5.03 Å². The van der Waals surface area contributed by atoms with Crippen LogP contribution in [0.25, 0.3) is 0 Å². The largest absolute Gasteiger partial charge is 0.330 e. The molecule has 0 aromatic carbocycles. The lowest BCUT2D eigenvalue weighted by atomic mass is 10.0. The lowest BCUT2D eigenvalue weighted by Crippen LogP contribution is -1.94. The highest BCUT2D eigenvalue weighted by Gasteiger charge is 1.96. The van der Waals surface area contributed by atoms with Gasteiger partial charge in [0.15, 0.2) is 0 Å². The maximum atomic E-state index is 6.12. The zero-order valence-corrected chi connectivity index (χ0v) is 12.7. The smallest absolute Gasteiger partial charge is 0.0408 e. The molecule has 19 heavy (non-hydrogen) atoms. The molecule has 1 nitrogen and oxygen atoms in total. The zero-order valence-electron chi connectivity index (χ0n) is 11.9. The van der Waals surface area contributed by atoms with Crippen molar-refractivity contribution in [3.05, 3.63) is 71.4 Å². The predicted molar refractivity (Wildman–Crippen MR) is 88.2 cm³/mol. The Morgan fingerprint density at radius 3 is 2.47 bits per heavy atom. The Balaban J connectivity index is 4.59. The second kappa shape index (κ2) is 11.8. The van der Waals surface area contributed by atoms with E-state index in [0.717, 1.165) is 24.0 Å². The van der Waals surface area contributed by atoms with Crippen LogP contribution in [-0.4, -0.2) is 6.54 Å². The summed E-state index contributed by atoms with van der Waals surface area (Å²) in [7, 11) is 0. The summed E-state index contributed by atoms with van der Waals surface area (Å²) in [6, 6.07) is 0. The van der Waals surface area contributed by atoms with Crippen molar-refractivity contribution in [1.82, 2.24) is 0 Å². The Morgan fingerprint density at radius 1 is 1.21 bits per heavy atom. The van der Waals surface area contributed by atoms with Crippen molar-refractivity contribution in [2.45, 2.75) is 26.7 Å². The molecule has 0 saturated carbocycles. The molecule has 0 saturated heterocycles. The van der Waals surface area contributed by atoms with Crippen LogP contribution < -0.4 is 5.73 Å². The molecule has 0 fully saturated rings. The molecule has 2 N–H and O–H groups in total. The van der Waals surface area contributed by atoms with Crippen LogP contribution in [0.5, 0.6) is 0 Å². The molecule has 0 heterocycles. The van der Waals surface area contributed by atoms with Crippen molar-refractivity contribution in [1.29, 1.82) is 0 Å². The van der Waals surface area contributed by atoms with Crippen LogP contribution in [-0.2, 0) is 0 Å². The van der Waals surface area contributed by atoms with Gasteiger partial charge in [-0.2, -0.15) is 0 Å². The highest BCUT2D eigenvalue weighted by Crippen LogP contribution is 2.17. The quantitative estimate of drug-likeness (QED) is 0.618. The Kier molecular flexibility index (Phi) is 11.0. The van der Waals surface area contributed by atoms with Gasteiger partial charge in [-0.3, -0.25) is 0 Å². The minimum absolute atomic E-state index is 0.687. The van der Waals surface area contributed by atoms with Crippen molar-refractivity contribution < 1.29 is 0 Å². The summed E-state index contributed by atoms with van der Waals surface area (Å²) < 4.78 is 0. The van der Waals surface area contributed by atoms with Crippen LogP contribution in [0.3, 0.4) is 0 Å². The first kappa shape index (κ1) is 17.7. The topological polar surface area (TPSA) is 26.0 Å². The Labute approximate surface area is 122 Å². The van der Waals surface area contributed by atoms with Crippen molar-refractivity contribution >= 4 is 11.6 Å².